The Morgan fingerprint density at radius 1 is 1.23 bits per heavy atom. The molecule has 4 nitrogen and oxygen atoms in total. The summed E-state index contributed by atoms with van der Waals surface area (Å²) in [5, 5.41) is 2.94. The summed E-state index contributed by atoms with van der Waals surface area (Å²) in [6, 6.07) is 3.88. The Hall–Kier alpha value is -1.55. The minimum Gasteiger partial charge on any atom is -0.493 e. The summed E-state index contributed by atoms with van der Waals surface area (Å²) >= 11 is 0. The van der Waals surface area contributed by atoms with Crippen LogP contribution in [-0.2, 0) is 9.53 Å². The van der Waals surface area contributed by atoms with Crippen LogP contribution in [0.3, 0.4) is 0 Å². The first-order valence-corrected chi connectivity index (χ1v) is 7.98. The minimum atomic E-state index is -0.807. The third-order valence-corrected chi connectivity index (χ3v) is 4.07. The number of hydrogen-bond donors (Lipinski definition) is 1. The molecule has 1 aromatic carbocycles. The highest BCUT2D eigenvalue weighted by Crippen LogP contribution is 2.28. The fraction of sp³-hybridized carbons (Fsp3) is 0.611. The molecular formula is C18H29NO3. The average molecular weight is 307 g/mol. The van der Waals surface area contributed by atoms with Crippen LogP contribution >= 0.6 is 0 Å². The number of amides is 1. The van der Waals surface area contributed by atoms with Gasteiger partial charge in [0.25, 0.3) is 5.91 Å². The van der Waals surface area contributed by atoms with Crippen molar-refractivity contribution in [2.45, 2.75) is 59.5 Å². The van der Waals surface area contributed by atoms with Crippen molar-refractivity contribution in [1.29, 1.82) is 0 Å². The van der Waals surface area contributed by atoms with E-state index in [4.69, 9.17) is 9.47 Å². The van der Waals surface area contributed by atoms with E-state index in [2.05, 4.69) is 12.2 Å². The van der Waals surface area contributed by atoms with Crippen molar-refractivity contribution < 1.29 is 14.3 Å². The van der Waals surface area contributed by atoms with Crippen molar-refractivity contribution in [3.8, 4) is 5.75 Å². The van der Waals surface area contributed by atoms with Gasteiger partial charge in [-0.05, 0) is 56.9 Å². The molecule has 1 rings (SSSR count). The first kappa shape index (κ1) is 18.5. The molecule has 0 radical (unpaired) electrons. The number of hydrogen-bond acceptors (Lipinski definition) is 3. The fourth-order valence-corrected chi connectivity index (χ4v) is 2.23. The van der Waals surface area contributed by atoms with Crippen LogP contribution in [0.25, 0.3) is 0 Å². The van der Waals surface area contributed by atoms with Gasteiger partial charge >= 0.3 is 0 Å². The molecule has 0 aliphatic heterocycles. The highest BCUT2D eigenvalue weighted by atomic mass is 16.5. The van der Waals surface area contributed by atoms with E-state index in [1.165, 1.54) is 0 Å². The summed E-state index contributed by atoms with van der Waals surface area (Å²) in [5.41, 5.74) is 2.03. The Morgan fingerprint density at radius 2 is 1.82 bits per heavy atom. The largest absolute Gasteiger partial charge is 0.493 e. The first-order valence-electron chi connectivity index (χ1n) is 7.98. The molecular weight excluding hydrogens is 278 g/mol. The molecule has 1 atom stereocenters. The fourth-order valence-electron chi connectivity index (χ4n) is 2.23. The zero-order valence-electron chi connectivity index (χ0n) is 14.7. The second-order valence-electron chi connectivity index (χ2n) is 5.88. The molecule has 1 amide bonds. The normalized spacial score (nSPS) is 13.5. The van der Waals surface area contributed by atoms with Gasteiger partial charge in [-0.2, -0.15) is 0 Å². The number of ether oxygens (including phenoxy) is 2. The van der Waals surface area contributed by atoms with Gasteiger partial charge in [-0.3, -0.25) is 4.79 Å². The number of aryl methyl sites for hydroxylation is 2. The zero-order valence-corrected chi connectivity index (χ0v) is 14.7. The maximum Gasteiger partial charge on any atom is 0.256 e. The van der Waals surface area contributed by atoms with Gasteiger partial charge in [-0.25, -0.2) is 0 Å². The van der Waals surface area contributed by atoms with Crippen molar-refractivity contribution in [2.75, 3.05) is 19.0 Å². The summed E-state index contributed by atoms with van der Waals surface area (Å²) in [7, 11) is 1.56. The highest BCUT2D eigenvalue weighted by Gasteiger charge is 2.31. The van der Waals surface area contributed by atoms with E-state index in [0.29, 0.717) is 6.42 Å². The molecule has 0 heterocycles. The van der Waals surface area contributed by atoms with Crippen molar-refractivity contribution >= 4 is 11.6 Å². The standard InChI is InChI=1S/C18H29NO3/c1-7-9-10-22-16-13(3)11-15(12-14(16)4)19-17(20)18(5,8-2)21-6/h11-12H,7-10H2,1-6H3,(H,19,20). The summed E-state index contributed by atoms with van der Waals surface area (Å²) in [6.45, 7) is 10.6. The zero-order chi connectivity index (χ0) is 16.8. The van der Waals surface area contributed by atoms with Crippen LogP contribution in [0.1, 0.15) is 51.2 Å². The van der Waals surface area contributed by atoms with Gasteiger partial charge in [0, 0.05) is 12.8 Å². The smallest absolute Gasteiger partial charge is 0.256 e. The Bertz CT molecular complexity index is 484. The Kier molecular flexibility index (Phi) is 6.88. The molecule has 0 bridgehead atoms. The average Bonchev–Trinajstić information content (AvgIpc) is 2.49. The lowest BCUT2D eigenvalue weighted by atomic mass is 10.0. The molecule has 1 unspecified atom stereocenters. The molecule has 1 N–H and O–H groups in total. The number of unbranched alkanes of at least 4 members (excludes halogenated alkanes) is 1. The number of carbonyl (C=O) groups is 1. The van der Waals surface area contributed by atoms with Crippen molar-refractivity contribution in [3.05, 3.63) is 23.3 Å². The second kappa shape index (κ2) is 8.18. The summed E-state index contributed by atoms with van der Waals surface area (Å²) in [4.78, 5) is 12.3. The van der Waals surface area contributed by atoms with E-state index < -0.39 is 5.60 Å². The van der Waals surface area contributed by atoms with Crippen LogP contribution < -0.4 is 10.1 Å². The number of methoxy groups -OCH3 is 1. The van der Waals surface area contributed by atoms with E-state index in [1.54, 1.807) is 14.0 Å². The first-order chi connectivity index (χ1) is 10.4. The van der Waals surface area contributed by atoms with E-state index >= 15 is 0 Å². The lowest BCUT2D eigenvalue weighted by Crippen LogP contribution is -2.41. The maximum absolute atomic E-state index is 12.3. The van der Waals surface area contributed by atoms with Crippen LogP contribution in [0.5, 0.6) is 5.75 Å². The predicted octanol–water partition coefficient (Wildman–Crippen LogP) is 4.24. The molecule has 0 saturated heterocycles. The molecule has 0 aromatic heterocycles. The number of benzene rings is 1. The Morgan fingerprint density at radius 3 is 2.27 bits per heavy atom. The van der Waals surface area contributed by atoms with Gasteiger partial charge in [-0.15, -0.1) is 0 Å². The Labute approximate surface area is 134 Å². The maximum atomic E-state index is 12.3. The number of carbonyl (C=O) groups excluding carboxylic acids is 1. The number of nitrogens with one attached hydrogen (secondary N) is 1. The lowest BCUT2D eigenvalue weighted by molar-refractivity contribution is -0.136. The number of anilines is 1. The molecule has 0 fully saturated rings. The molecule has 0 aliphatic rings. The Balaban J connectivity index is 2.88. The van der Waals surface area contributed by atoms with Crippen LogP contribution in [0.15, 0.2) is 12.1 Å². The monoisotopic (exact) mass is 307 g/mol. The quantitative estimate of drug-likeness (QED) is 0.731. The van der Waals surface area contributed by atoms with E-state index in [9.17, 15) is 4.79 Å². The number of rotatable bonds is 8. The van der Waals surface area contributed by atoms with Crippen LogP contribution in [-0.4, -0.2) is 25.2 Å². The van der Waals surface area contributed by atoms with Gasteiger partial charge in [0.05, 0.1) is 6.61 Å². The van der Waals surface area contributed by atoms with E-state index in [1.807, 2.05) is 32.9 Å². The van der Waals surface area contributed by atoms with Crippen molar-refractivity contribution in [1.82, 2.24) is 0 Å². The van der Waals surface area contributed by atoms with Gasteiger partial charge in [-0.1, -0.05) is 20.3 Å². The van der Waals surface area contributed by atoms with Crippen molar-refractivity contribution in [2.24, 2.45) is 0 Å². The predicted molar refractivity (Wildman–Crippen MR) is 90.7 cm³/mol. The molecule has 4 heteroatoms. The summed E-state index contributed by atoms with van der Waals surface area (Å²) in [5.74, 6) is 0.785. The molecule has 0 saturated carbocycles. The van der Waals surface area contributed by atoms with Gasteiger partial charge in [0.15, 0.2) is 0 Å². The molecule has 0 spiro atoms. The third kappa shape index (κ3) is 4.47. The van der Waals surface area contributed by atoms with Gasteiger partial charge in [0.2, 0.25) is 0 Å². The summed E-state index contributed by atoms with van der Waals surface area (Å²) < 4.78 is 11.2. The SMILES string of the molecule is CCCCOc1c(C)cc(NC(=O)C(C)(CC)OC)cc1C. The van der Waals surface area contributed by atoms with E-state index in [0.717, 1.165) is 42.0 Å². The van der Waals surface area contributed by atoms with Crippen LogP contribution in [0.2, 0.25) is 0 Å². The third-order valence-electron chi connectivity index (χ3n) is 4.07. The molecule has 0 aliphatic carbocycles. The van der Waals surface area contributed by atoms with Crippen LogP contribution in [0.4, 0.5) is 5.69 Å². The molecule has 1 aromatic rings. The van der Waals surface area contributed by atoms with Crippen LogP contribution in [0, 0.1) is 13.8 Å². The molecule has 124 valence electrons. The lowest BCUT2D eigenvalue weighted by Gasteiger charge is -2.25. The van der Waals surface area contributed by atoms with Gasteiger partial charge in [0.1, 0.15) is 11.4 Å². The summed E-state index contributed by atoms with van der Waals surface area (Å²) in [6.07, 6.45) is 2.77. The second-order valence-corrected chi connectivity index (χ2v) is 5.88. The minimum absolute atomic E-state index is 0.129. The van der Waals surface area contributed by atoms with E-state index in [-0.39, 0.29) is 5.91 Å². The van der Waals surface area contributed by atoms with Crippen molar-refractivity contribution in [3.63, 3.8) is 0 Å². The van der Waals surface area contributed by atoms with Gasteiger partial charge < -0.3 is 14.8 Å². The highest BCUT2D eigenvalue weighted by molar-refractivity contribution is 5.97. The molecule has 22 heavy (non-hydrogen) atoms. The topological polar surface area (TPSA) is 47.6 Å².